The summed E-state index contributed by atoms with van der Waals surface area (Å²) in [4.78, 5) is 11.8. The van der Waals surface area contributed by atoms with E-state index in [1.54, 1.807) is 12.1 Å². The smallest absolute Gasteiger partial charge is 0.226 e. The number of rotatable bonds is 7. The van der Waals surface area contributed by atoms with E-state index < -0.39 is 0 Å². The summed E-state index contributed by atoms with van der Waals surface area (Å²) in [6, 6.07) is 13.4. The third-order valence-corrected chi connectivity index (χ3v) is 2.96. The monoisotopic (exact) mass is 302 g/mol. The summed E-state index contributed by atoms with van der Waals surface area (Å²) >= 11 is 0. The number of ether oxygens (including phenoxy) is 1. The zero-order chi connectivity index (χ0) is 15.8. The highest BCUT2D eigenvalue weighted by atomic mass is 19.1. The van der Waals surface area contributed by atoms with Gasteiger partial charge in [0.1, 0.15) is 11.6 Å². The first-order valence-corrected chi connectivity index (χ1v) is 7.20. The molecule has 0 atom stereocenters. The third-order valence-electron chi connectivity index (χ3n) is 2.96. The number of hydrogen-bond donors (Lipinski definition) is 2. The molecule has 0 aliphatic carbocycles. The lowest BCUT2D eigenvalue weighted by Crippen LogP contribution is -2.16. The molecule has 116 valence electrons. The molecule has 2 N–H and O–H groups in total. The van der Waals surface area contributed by atoms with Gasteiger partial charge in [-0.05, 0) is 37.3 Å². The Morgan fingerprint density at radius 3 is 2.77 bits per heavy atom. The molecule has 0 bridgehead atoms. The number of para-hydroxylation sites is 2. The molecule has 22 heavy (non-hydrogen) atoms. The minimum Gasteiger partial charge on any atom is -0.492 e. The second-order valence-corrected chi connectivity index (χ2v) is 4.66. The van der Waals surface area contributed by atoms with E-state index in [0.29, 0.717) is 18.8 Å². The number of anilines is 2. The van der Waals surface area contributed by atoms with E-state index >= 15 is 0 Å². The maximum atomic E-state index is 13.0. The second kappa shape index (κ2) is 8.02. The van der Waals surface area contributed by atoms with Gasteiger partial charge in [-0.3, -0.25) is 4.79 Å². The summed E-state index contributed by atoms with van der Waals surface area (Å²) in [5, 5.41) is 5.82. The average molecular weight is 302 g/mol. The van der Waals surface area contributed by atoms with Gasteiger partial charge in [0.2, 0.25) is 5.91 Å². The Morgan fingerprint density at radius 2 is 2.00 bits per heavy atom. The Hall–Kier alpha value is -2.56. The van der Waals surface area contributed by atoms with Crippen molar-refractivity contribution in [2.45, 2.75) is 13.3 Å². The molecule has 0 unspecified atom stereocenters. The molecule has 4 nitrogen and oxygen atoms in total. The van der Waals surface area contributed by atoms with Crippen LogP contribution in [0.3, 0.4) is 0 Å². The van der Waals surface area contributed by atoms with Crippen molar-refractivity contribution >= 4 is 17.3 Å². The van der Waals surface area contributed by atoms with Crippen molar-refractivity contribution < 1.29 is 13.9 Å². The van der Waals surface area contributed by atoms with Crippen LogP contribution in [-0.4, -0.2) is 19.1 Å². The molecule has 2 aromatic rings. The minimum absolute atomic E-state index is 0.174. The molecular weight excluding hydrogens is 283 g/mol. The van der Waals surface area contributed by atoms with E-state index in [2.05, 4.69) is 10.6 Å². The Morgan fingerprint density at radius 1 is 1.18 bits per heavy atom. The maximum Gasteiger partial charge on any atom is 0.226 e. The quantitative estimate of drug-likeness (QED) is 0.820. The minimum atomic E-state index is -0.374. The van der Waals surface area contributed by atoms with Crippen molar-refractivity contribution in [3.63, 3.8) is 0 Å². The van der Waals surface area contributed by atoms with Crippen molar-refractivity contribution in [2.75, 3.05) is 23.8 Å². The van der Waals surface area contributed by atoms with Gasteiger partial charge < -0.3 is 15.4 Å². The summed E-state index contributed by atoms with van der Waals surface area (Å²) < 4.78 is 18.5. The predicted molar refractivity (Wildman–Crippen MR) is 85.7 cm³/mol. The van der Waals surface area contributed by atoms with Gasteiger partial charge in [0.15, 0.2) is 0 Å². The molecule has 5 heteroatoms. The van der Waals surface area contributed by atoms with E-state index in [-0.39, 0.29) is 18.1 Å². The molecule has 1 amide bonds. The first kappa shape index (κ1) is 15.8. The van der Waals surface area contributed by atoms with Crippen LogP contribution < -0.4 is 15.4 Å². The zero-order valence-corrected chi connectivity index (χ0v) is 12.4. The van der Waals surface area contributed by atoms with E-state index in [4.69, 9.17) is 4.74 Å². The number of amides is 1. The molecule has 0 fully saturated rings. The molecular formula is C17H19FN2O2. The van der Waals surface area contributed by atoms with Gasteiger partial charge in [0, 0.05) is 18.7 Å². The molecule has 2 aromatic carbocycles. The Labute approximate surface area is 129 Å². The summed E-state index contributed by atoms with van der Waals surface area (Å²) in [5.74, 6) is 0.212. The van der Waals surface area contributed by atoms with Crippen molar-refractivity contribution in [3.8, 4) is 5.75 Å². The molecule has 0 spiro atoms. The van der Waals surface area contributed by atoms with Crippen LogP contribution >= 0.6 is 0 Å². The lowest BCUT2D eigenvalue weighted by molar-refractivity contribution is -0.115. The highest BCUT2D eigenvalue weighted by Gasteiger charge is 2.05. The van der Waals surface area contributed by atoms with E-state index in [1.807, 2.05) is 31.2 Å². The molecule has 0 saturated carbocycles. The van der Waals surface area contributed by atoms with Crippen molar-refractivity contribution in [3.05, 3.63) is 54.3 Å². The molecule has 0 heterocycles. The summed E-state index contributed by atoms with van der Waals surface area (Å²) in [6.07, 6.45) is 0.275. The lowest BCUT2D eigenvalue weighted by atomic mass is 10.2. The van der Waals surface area contributed by atoms with Crippen LogP contribution in [0, 0.1) is 5.82 Å². The Bertz CT molecular complexity index is 632. The van der Waals surface area contributed by atoms with Gasteiger partial charge in [-0.2, -0.15) is 0 Å². The van der Waals surface area contributed by atoms with Crippen LogP contribution in [0.25, 0.3) is 0 Å². The van der Waals surface area contributed by atoms with Crippen LogP contribution in [0.15, 0.2) is 48.5 Å². The molecule has 0 aliphatic heterocycles. The fourth-order valence-electron chi connectivity index (χ4n) is 1.99. The first-order chi connectivity index (χ1) is 10.7. The summed E-state index contributed by atoms with van der Waals surface area (Å²) in [7, 11) is 0. The topological polar surface area (TPSA) is 50.4 Å². The molecule has 0 aliphatic rings. The van der Waals surface area contributed by atoms with Crippen LogP contribution in [0.4, 0.5) is 15.8 Å². The zero-order valence-electron chi connectivity index (χ0n) is 12.4. The number of halogens is 1. The van der Waals surface area contributed by atoms with Crippen LogP contribution in [0.1, 0.15) is 13.3 Å². The van der Waals surface area contributed by atoms with E-state index in [0.717, 1.165) is 11.4 Å². The lowest BCUT2D eigenvalue weighted by Gasteiger charge is -2.12. The first-order valence-electron chi connectivity index (χ1n) is 7.20. The summed E-state index contributed by atoms with van der Waals surface area (Å²) in [6.45, 7) is 2.97. The van der Waals surface area contributed by atoms with Crippen LogP contribution in [-0.2, 0) is 4.79 Å². The fourth-order valence-corrected chi connectivity index (χ4v) is 1.99. The predicted octanol–water partition coefficient (Wildman–Crippen LogP) is 3.67. The Balaban J connectivity index is 1.82. The van der Waals surface area contributed by atoms with Gasteiger partial charge in [-0.1, -0.05) is 18.2 Å². The van der Waals surface area contributed by atoms with Crippen LogP contribution in [0.2, 0.25) is 0 Å². The van der Waals surface area contributed by atoms with Crippen molar-refractivity contribution in [1.82, 2.24) is 0 Å². The normalized spacial score (nSPS) is 10.1. The summed E-state index contributed by atoms with van der Waals surface area (Å²) in [5.41, 5.74) is 1.31. The highest BCUT2D eigenvalue weighted by molar-refractivity contribution is 5.91. The number of carbonyl (C=O) groups is 1. The maximum absolute atomic E-state index is 13.0. The standard InChI is InChI=1S/C17H19FN2O2/c1-2-22-16-9-4-3-8-15(16)19-11-10-17(21)20-14-7-5-6-13(18)12-14/h3-9,12,19H,2,10-11H2,1H3,(H,20,21). The van der Waals surface area contributed by atoms with Crippen molar-refractivity contribution in [2.24, 2.45) is 0 Å². The van der Waals surface area contributed by atoms with Gasteiger partial charge >= 0.3 is 0 Å². The highest BCUT2D eigenvalue weighted by Crippen LogP contribution is 2.23. The average Bonchev–Trinajstić information content (AvgIpc) is 2.49. The Kier molecular flexibility index (Phi) is 5.77. The molecule has 0 aromatic heterocycles. The molecule has 2 rings (SSSR count). The van der Waals surface area contributed by atoms with Crippen LogP contribution in [0.5, 0.6) is 5.75 Å². The molecule has 0 saturated heterocycles. The fraction of sp³-hybridized carbons (Fsp3) is 0.235. The van der Waals surface area contributed by atoms with E-state index in [1.165, 1.54) is 12.1 Å². The SMILES string of the molecule is CCOc1ccccc1NCCC(=O)Nc1cccc(F)c1. The van der Waals surface area contributed by atoms with Gasteiger partial charge in [-0.25, -0.2) is 4.39 Å². The van der Waals surface area contributed by atoms with Gasteiger partial charge in [0.25, 0.3) is 0 Å². The number of benzene rings is 2. The second-order valence-electron chi connectivity index (χ2n) is 4.66. The third kappa shape index (κ3) is 4.77. The van der Waals surface area contributed by atoms with E-state index in [9.17, 15) is 9.18 Å². The number of carbonyl (C=O) groups excluding carboxylic acids is 1. The van der Waals surface area contributed by atoms with Gasteiger partial charge in [-0.15, -0.1) is 0 Å². The largest absolute Gasteiger partial charge is 0.492 e. The van der Waals surface area contributed by atoms with Crippen molar-refractivity contribution in [1.29, 1.82) is 0 Å². The molecule has 0 radical (unpaired) electrons. The van der Waals surface area contributed by atoms with Gasteiger partial charge in [0.05, 0.1) is 12.3 Å². The number of hydrogen-bond acceptors (Lipinski definition) is 3. The number of nitrogens with one attached hydrogen (secondary N) is 2.